The summed E-state index contributed by atoms with van der Waals surface area (Å²) in [7, 11) is -4.37. The number of ketones is 1. The average molecular weight is 649 g/mol. The van der Waals surface area contributed by atoms with Gasteiger partial charge in [-0.1, -0.05) is 45.0 Å². The third kappa shape index (κ3) is 11.5. The number of nitrogens with two attached hydrogens (primary N) is 1. The Kier molecular flexibility index (Phi) is 11.7. The maximum Gasteiger partial charge on any atom is 0.472 e. The number of anilines is 2. The van der Waals surface area contributed by atoms with Crippen LogP contribution in [0.5, 0.6) is 0 Å². The summed E-state index contributed by atoms with van der Waals surface area (Å²) in [5.74, 6) is 1.15. The van der Waals surface area contributed by atoms with E-state index in [9.17, 15) is 19.0 Å². The molecular formula is C32H49N4O8P. The van der Waals surface area contributed by atoms with E-state index in [1.54, 1.807) is 29.2 Å². The van der Waals surface area contributed by atoms with Crippen LogP contribution in [0.4, 0.5) is 11.6 Å². The fourth-order valence-corrected chi connectivity index (χ4v) is 5.24. The lowest BCUT2D eigenvalue weighted by atomic mass is 9.95. The second-order valence-electron chi connectivity index (χ2n) is 14.2. The number of amides is 1. The molecule has 0 saturated carbocycles. The number of hydrogen-bond donors (Lipinski definition) is 2. The van der Waals surface area contributed by atoms with Crippen molar-refractivity contribution >= 4 is 31.1 Å². The normalized spacial score (nSPS) is 16.0. The average Bonchev–Trinajstić information content (AvgIpc) is 3.22. The molecule has 13 heteroatoms. The van der Waals surface area contributed by atoms with Gasteiger partial charge in [-0.15, -0.1) is 0 Å². The highest BCUT2D eigenvalue weighted by atomic mass is 31.2. The zero-order valence-electron chi connectivity index (χ0n) is 28.0. The molecule has 0 bridgehead atoms. The van der Waals surface area contributed by atoms with Crippen molar-refractivity contribution in [3.05, 3.63) is 46.8 Å². The third-order valence-electron chi connectivity index (χ3n) is 6.64. The number of fused-ring (bicyclic) bond motifs is 1. The molecule has 2 unspecified atom stereocenters. The first-order chi connectivity index (χ1) is 20.6. The second kappa shape index (κ2) is 14.4. The van der Waals surface area contributed by atoms with Crippen LogP contribution in [0.25, 0.3) is 0 Å². The van der Waals surface area contributed by atoms with Gasteiger partial charge in [-0.2, -0.15) is 0 Å². The van der Waals surface area contributed by atoms with Gasteiger partial charge in [0.25, 0.3) is 0 Å². The summed E-state index contributed by atoms with van der Waals surface area (Å²) < 4.78 is 34.4. The highest BCUT2D eigenvalue weighted by molar-refractivity contribution is 7.47. The number of carbonyl (C=O) groups is 2. The Balaban J connectivity index is 1.50. The van der Waals surface area contributed by atoms with Crippen LogP contribution in [-0.4, -0.2) is 63.7 Å². The summed E-state index contributed by atoms with van der Waals surface area (Å²) in [6, 6.07) is 6.98. The van der Waals surface area contributed by atoms with Crippen LogP contribution < -0.4 is 10.6 Å². The Morgan fingerprint density at radius 2 is 1.64 bits per heavy atom. The van der Waals surface area contributed by atoms with Gasteiger partial charge in [0.15, 0.2) is 5.78 Å². The molecule has 0 fully saturated rings. The fourth-order valence-electron chi connectivity index (χ4n) is 4.45. The van der Waals surface area contributed by atoms with Crippen molar-refractivity contribution in [1.29, 1.82) is 0 Å². The quantitative estimate of drug-likeness (QED) is 0.150. The Morgan fingerprint density at radius 1 is 1.00 bits per heavy atom. The van der Waals surface area contributed by atoms with E-state index in [4.69, 9.17) is 24.3 Å². The highest BCUT2D eigenvalue weighted by Crippen LogP contribution is 2.43. The lowest BCUT2D eigenvalue weighted by Crippen LogP contribution is -2.36. The number of ether oxygens (including phenoxy) is 2. The molecule has 0 aliphatic carbocycles. The van der Waals surface area contributed by atoms with Crippen molar-refractivity contribution in [1.82, 2.24) is 9.97 Å². The molecule has 0 radical (unpaired) electrons. The van der Waals surface area contributed by atoms with E-state index in [0.29, 0.717) is 28.6 Å². The zero-order chi connectivity index (χ0) is 33.8. The molecule has 1 aromatic carbocycles. The zero-order valence-corrected chi connectivity index (χ0v) is 28.9. The Labute approximate surface area is 266 Å². The smallest absolute Gasteiger partial charge is 0.383 e. The van der Waals surface area contributed by atoms with E-state index in [-0.39, 0.29) is 62.7 Å². The second-order valence-corrected chi connectivity index (χ2v) is 15.7. The van der Waals surface area contributed by atoms with E-state index in [1.165, 1.54) is 0 Å². The van der Waals surface area contributed by atoms with Crippen molar-refractivity contribution in [2.45, 2.75) is 111 Å². The number of phosphoric acid groups is 1. The number of nitrogen functional groups attached to an aromatic ring is 1. The number of carbonyl (C=O) groups excluding carboxylic acids is 2. The number of aromatic nitrogens is 2. The first-order valence-corrected chi connectivity index (χ1v) is 16.7. The molecule has 0 saturated heterocycles. The van der Waals surface area contributed by atoms with Crippen molar-refractivity contribution in [3.63, 3.8) is 0 Å². The number of hydrogen-bond acceptors (Lipinski definition) is 10. The molecule has 1 aliphatic rings. The molecule has 1 aromatic heterocycles. The fraction of sp³-hybridized carbons (Fsp3) is 0.625. The Morgan fingerprint density at radius 3 is 2.22 bits per heavy atom. The molecule has 3 rings (SSSR count). The molecule has 2 heterocycles. The number of nitrogens with zero attached hydrogens (tertiary/aromatic N) is 3. The first kappa shape index (κ1) is 36.7. The van der Waals surface area contributed by atoms with Crippen LogP contribution in [0, 0.1) is 0 Å². The van der Waals surface area contributed by atoms with Crippen LogP contribution in [-0.2, 0) is 46.3 Å². The summed E-state index contributed by atoms with van der Waals surface area (Å²) in [6.45, 7) is 17.4. The summed E-state index contributed by atoms with van der Waals surface area (Å²) in [4.78, 5) is 46.4. The molecule has 2 atom stereocenters. The molecule has 1 aliphatic heterocycles. The molecule has 1 amide bonds. The monoisotopic (exact) mass is 648 g/mol. The van der Waals surface area contributed by atoms with Gasteiger partial charge < -0.3 is 20.1 Å². The largest absolute Gasteiger partial charge is 0.472 e. The maximum atomic E-state index is 12.8. The van der Waals surface area contributed by atoms with E-state index in [0.717, 1.165) is 5.56 Å². The van der Waals surface area contributed by atoms with Crippen LogP contribution in [0.15, 0.2) is 24.3 Å². The molecule has 12 nitrogen and oxygen atoms in total. The summed E-state index contributed by atoms with van der Waals surface area (Å²) in [6.07, 6.45) is -0.103. The minimum absolute atomic E-state index is 0.109. The van der Waals surface area contributed by atoms with Gasteiger partial charge >= 0.3 is 7.82 Å². The first-order valence-electron chi connectivity index (χ1n) is 15.2. The van der Waals surface area contributed by atoms with Gasteiger partial charge in [-0.05, 0) is 53.5 Å². The van der Waals surface area contributed by atoms with Gasteiger partial charge in [0, 0.05) is 23.0 Å². The predicted molar refractivity (Wildman–Crippen MR) is 172 cm³/mol. The van der Waals surface area contributed by atoms with Gasteiger partial charge in [0.1, 0.15) is 23.6 Å². The van der Waals surface area contributed by atoms with Crippen LogP contribution in [0.3, 0.4) is 0 Å². The number of rotatable bonds is 14. The molecule has 2 aromatic rings. The molecule has 250 valence electrons. The Bertz CT molecular complexity index is 1390. The lowest BCUT2D eigenvalue weighted by molar-refractivity contribution is -0.132. The minimum Gasteiger partial charge on any atom is -0.383 e. The lowest BCUT2D eigenvalue weighted by Gasteiger charge is -2.30. The summed E-state index contributed by atoms with van der Waals surface area (Å²) in [5.41, 5.74) is 6.85. The van der Waals surface area contributed by atoms with Gasteiger partial charge in [0.2, 0.25) is 5.91 Å². The van der Waals surface area contributed by atoms with Crippen molar-refractivity contribution in [3.8, 4) is 0 Å². The van der Waals surface area contributed by atoms with Crippen molar-refractivity contribution in [2.75, 3.05) is 30.5 Å². The van der Waals surface area contributed by atoms with Gasteiger partial charge in [-0.25, -0.2) is 14.5 Å². The van der Waals surface area contributed by atoms with E-state index >= 15 is 0 Å². The van der Waals surface area contributed by atoms with Crippen LogP contribution in [0.1, 0.15) is 102 Å². The topological polar surface area (TPSA) is 163 Å². The third-order valence-corrected chi connectivity index (χ3v) is 7.62. The molecule has 3 N–H and O–H groups in total. The van der Waals surface area contributed by atoms with Gasteiger partial charge in [0.05, 0.1) is 44.0 Å². The minimum atomic E-state index is -4.37. The van der Waals surface area contributed by atoms with E-state index in [1.807, 2.05) is 62.3 Å². The van der Waals surface area contributed by atoms with E-state index in [2.05, 4.69) is 9.97 Å². The highest BCUT2D eigenvalue weighted by Gasteiger charge is 2.34. The van der Waals surface area contributed by atoms with E-state index < -0.39 is 25.1 Å². The molecule has 45 heavy (non-hydrogen) atoms. The number of Topliss-reactive ketones (excluding diaryl/α,β-unsaturated/α-hetero) is 1. The maximum absolute atomic E-state index is 12.8. The van der Waals surface area contributed by atoms with Crippen molar-refractivity contribution in [2.24, 2.45) is 0 Å². The predicted octanol–water partition coefficient (Wildman–Crippen LogP) is 5.54. The SMILES string of the molecule is CC(C)(C)OCC(COP(=O)(O)OCCCC(=O)c1ccc(CN2C(=O)Cc3c(N)nc(C(C)(C)C)nc32)cc1)OC(C)(C)C. The molecule has 0 spiro atoms. The summed E-state index contributed by atoms with van der Waals surface area (Å²) >= 11 is 0. The standard InChI is InChI=1S/C32H49N4O8P/c1-30(2,3)29-34-27(33)24-17-26(38)36(28(24)35-29)18-21-12-14-22(15-13-21)25(37)11-10-16-42-45(39,40)43-20-23(44-32(7,8)9)19-41-31(4,5)6/h12-15,23H,10-11,16-20H2,1-9H3,(H,39,40)(H2,33,34,35). The van der Waals surface area contributed by atoms with Crippen molar-refractivity contribution < 1.29 is 37.6 Å². The van der Waals surface area contributed by atoms with Crippen LogP contribution >= 0.6 is 7.82 Å². The van der Waals surface area contributed by atoms with Crippen LogP contribution in [0.2, 0.25) is 0 Å². The summed E-state index contributed by atoms with van der Waals surface area (Å²) in [5, 5.41) is 0. The Hall–Kier alpha value is -2.73. The molecular weight excluding hydrogens is 599 g/mol. The number of benzene rings is 1. The number of phosphoric ester groups is 1. The van der Waals surface area contributed by atoms with Gasteiger partial charge in [-0.3, -0.25) is 23.5 Å².